The number of carbonyl (C=O) groups is 1. The van der Waals surface area contributed by atoms with E-state index < -0.39 is 5.82 Å². The highest BCUT2D eigenvalue weighted by Gasteiger charge is 2.13. The minimum Gasteiger partial charge on any atom is -0.398 e. The van der Waals surface area contributed by atoms with Gasteiger partial charge in [-0.1, -0.05) is 6.92 Å². The van der Waals surface area contributed by atoms with Gasteiger partial charge in [-0.2, -0.15) is 11.8 Å². The first-order valence-electron chi connectivity index (χ1n) is 5.90. The van der Waals surface area contributed by atoms with E-state index in [1.54, 1.807) is 18.7 Å². The minimum atomic E-state index is -0.448. The molecule has 0 aliphatic rings. The van der Waals surface area contributed by atoms with Crippen molar-refractivity contribution in [3.63, 3.8) is 0 Å². The summed E-state index contributed by atoms with van der Waals surface area (Å²) < 4.78 is 13.5. The molecule has 1 amide bonds. The molecule has 18 heavy (non-hydrogen) atoms. The molecule has 5 heteroatoms. The van der Waals surface area contributed by atoms with Gasteiger partial charge in [-0.15, -0.1) is 0 Å². The second-order valence-corrected chi connectivity index (χ2v) is 5.53. The van der Waals surface area contributed by atoms with Crippen molar-refractivity contribution in [1.29, 1.82) is 0 Å². The Kier molecular flexibility index (Phi) is 5.47. The van der Waals surface area contributed by atoms with E-state index in [1.807, 2.05) is 6.92 Å². The fraction of sp³-hybridized carbons (Fsp3) is 0.462. The molecule has 0 fully saturated rings. The molecule has 0 saturated heterocycles. The van der Waals surface area contributed by atoms with Crippen molar-refractivity contribution in [3.05, 3.63) is 29.1 Å². The second kappa shape index (κ2) is 6.64. The number of benzene rings is 1. The number of carbonyl (C=O) groups excluding carboxylic acids is 1. The quantitative estimate of drug-likeness (QED) is 0.809. The van der Waals surface area contributed by atoms with Crippen LogP contribution in [0.4, 0.5) is 10.1 Å². The van der Waals surface area contributed by atoms with E-state index in [0.29, 0.717) is 11.3 Å². The Hall–Kier alpha value is -1.23. The monoisotopic (exact) mass is 270 g/mol. The zero-order valence-corrected chi connectivity index (χ0v) is 11.7. The van der Waals surface area contributed by atoms with E-state index in [1.165, 1.54) is 12.1 Å². The average molecular weight is 270 g/mol. The maximum atomic E-state index is 13.5. The molecule has 0 bridgehead atoms. The first-order valence-corrected chi connectivity index (χ1v) is 7.05. The molecule has 1 rings (SSSR count). The van der Waals surface area contributed by atoms with Crippen molar-refractivity contribution in [1.82, 2.24) is 5.32 Å². The Morgan fingerprint density at radius 3 is 2.78 bits per heavy atom. The molecule has 0 spiro atoms. The van der Waals surface area contributed by atoms with Gasteiger partial charge in [0.1, 0.15) is 5.82 Å². The van der Waals surface area contributed by atoms with Gasteiger partial charge in [0.05, 0.1) is 0 Å². The van der Waals surface area contributed by atoms with Gasteiger partial charge in [0.25, 0.3) is 5.91 Å². The number of anilines is 1. The second-order valence-electron chi connectivity index (χ2n) is 4.21. The lowest BCUT2D eigenvalue weighted by Gasteiger charge is -2.14. The molecule has 1 aromatic rings. The van der Waals surface area contributed by atoms with E-state index >= 15 is 0 Å². The predicted molar refractivity (Wildman–Crippen MR) is 75.5 cm³/mol. The number of nitrogen functional groups attached to an aromatic ring is 1. The van der Waals surface area contributed by atoms with E-state index in [2.05, 4.69) is 12.2 Å². The van der Waals surface area contributed by atoms with Gasteiger partial charge in [0.2, 0.25) is 0 Å². The number of nitrogens with two attached hydrogens (primary N) is 1. The summed E-state index contributed by atoms with van der Waals surface area (Å²) in [5.41, 5.74) is 6.59. The number of rotatable bonds is 5. The zero-order chi connectivity index (χ0) is 13.7. The fourth-order valence-electron chi connectivity index (χ4n) is 1.47. The van der Waals surface area contributed by atoms with Crippen LogP contribution in [0.2, 0.25) is 0 Å². The van der Waals surface area contributed by atoms with E-state index in [4.69, 9.17) is 5.73 Å². The summed E-state index contributed by atoms with van der Waals surface area (Å²) in [6.45, 7) is 5.58. The van der Waals surface area contributed by atoms with Crippen molar-refractivity contribution in [3.8, 4) is 0 Å². The highest BCUT2D eigenvalue weighted by molar-refractivity contribution is 7.99. The Morgan fingerprint density at radius 1 is 1.56 bits per heavy atom. The van der Waals surface area contributed by atoms with Crippen molar-refractivity contribution in [2.45, 2.75) is 26.8 Å². The summed E-state index contributed by atoms with van der Waals surface area (Å²) in [5, 5.41) is 2.82. The van der Waals surface area contributed by atoms with Crippen LogP contribution in [0.5, 0.6) is 0 Å². The van der Waals surface area contributed by atoms with Crippen LogP contribution >= 0.6 is 11.8 Å². The van der Waals surface area contributed by atoms with Crippen LogP contribution in [0, 0.1) is 12.7 Å². The van der Waals surface area contributed by atoms with Gasteiger partial charge in [-0.3, -0.25) is 4.79 Å². The van der Waals surface area contributed by atoms with Gasteiger partial charge in [-0.05, 0) is 31.7 Å². The van der Waals surface area contributed by atoms with Gasteiger partial charge in [0, 0.05) is 28.6 Å². The number of amides is 1. The zero-order valence-electron chi connectivity index (χ0n) is 10.9. The molecule has 1 aromatic carbocycles. The van der Waals surface area contributed by atoms with Gasteiger partial charge < -0.3 is 11.1 Å². The molecule has 3 nitrogen and oxygen atoms in total. The third-order valence-electron chi connectivity index (χ3n) is 2.60. The van der Waals surface area contributed by atoms with Crippen LogP contribution in [-0.2, 0) is 0 Å². The topological polar surface area (TPSA) is 55.1 Å². The third-order valence-corrected chi connectivity index (χ3v) is 3.74. The molecule has 0 aliphatic heterocycles. The molecule has 0 aliphatic carbocycles. The SMILES string of the molecule is CCSCC(C)NC(=O)c1cc(N)c(C)c(F)c1. The number of nitrogens with one attached hydrogen (secondary N) is 1. The van der Waals surface area contributed by atoms with Crippen LogP contribution < -0.4 is 11.1 Å². The maximum Gasteiger partial charge on any atom is 0.251 e. The minimum absolute atomic E-state index is 0.0491. The highest BCUT2D eigenvalue weighted by Crippen LogP contribution is 2.17. The molecule has 1 atom stereocenters. The number of hydrogen-bond acceptors (Lipinski definition) is 3. The van der Waals surface area contributed by atoms with E-state index in [-0.39, 0.29) is 17.5 Å². The smallest absolute Gasteiger partial charge is 0.251 e. The Bertz CT molecular complexity index is 414. The Labute approximate surface area is 111 Å². The first kappa shape index (κ1) is 14.8. The molecular formula is C13H19FN2OS. The van der Waals surface area contributed by atoms with Gasteiger partial charge in [-0.25, -0.2) is 4.39 Å². The Morgan fingerprint density at radius 2 is 2.22 bits per heavy atom. The summed E-state index contributed by atoms with van der Waals surface area (Å²) >= 11 is 1.75. The molecule has 0 saturated carbocycles. The van der Waals surface area contributed by atoms with Crippen LogP contribution in [0.1, 0.15) is 29.8 Å². The molecule has 1 unspecified atom stereocenters. The van der Waals surface area contributed by atoms with Crippen LogP contribution in [0.3, 0.4) is 0 Å². The standard InChI is InChI=1S/C13H19FN2OS/c1-4-18-7-8(2)16-13(17)10-5-11(14)9(3)12(15)6-10/h5-6,8H,4,7,15H2,1-3H3,(H,16,17). The average Bonchev–Trinajstić information content (AvgIpc) is 2.32. The number of thioether (sulfide) groups is 1. The lowest BCUT2D eigenvalue weighted by atomic mass is 10.1. The first-order chi connectivity index (χ1) is 8.45. The molecule has 0 radical (unpaired) electrons. The van der Waals surface area contributed by atoms with E-state index in [9.17, 15) is 9.18 Å². The largest absolute Gasteiger partial charge is 0.398 e. The van der Waals surface area contributed by atoms with Crippen LogP contribution in [-0.4, -0.2) is 23.5 Å². The molecule has 0 heterocycles. The van der Waals surface area contributed by atoms with Gasteiger partial charge in [0.15, 0.2) is 0 Å². The molecule has 100 valence electrons. The van der Waals surface area contributed by atoms with Crippen molar-refractivity contribution < 1.29 is 9.18 Å². The third kappa shape index (κ3) is 3.91. The molecule has 3 N–H and O–H groups in total. The van der Waals surface area contributed by atoms with Crippen molar-refractivity contribution >= 4 is 23.4 Å². The predicted octanol–water partition coefficient (Wildman–Crippen LogP) is 2.59. The van der Waals surface area contributed by atoms with Gasteiger partial charge >= 0.3 is 0 Å². The van der Waals surface area contributed by atoms with Crippen molar-refractivity contribution in [2.24, 2.45) is 0 Å². The van der Waals surface area contributed by atoms with Crippen molar-refractivity contribution in [2.75, 3.05) is 17.2 Å². The Balaban J connectivity index is 2.73. The normalized spacial score (nSPS) is 12.2. The molecule has 0 aromatic heterocycles. The number of halogens is 1. The lowest BCUT2D eigenvalue weighted by Crippen LogP contribution is -2.34. The molecular weight excluding hydrogens is 251 g/mol. The van der Waals surface area contributed by atoms with Crippen LogP contribution in [0.15, 0.2) is 12.1 Å². The summed E-state index contributed by atoms with van der Waals surface area (Å²) in [6, 6.07) is 2.78. The summed E-state index contributed by atoms with van der Waals surface area (Å²) in [5.74, 6) is 1.11. The summed E-state index contributed by atoms with van der Waals surface area (Å²) in [7, 11) is 0. The maximum absolute atomic E-state index is 13.5. The fourth-order valence-corrected chi connectivity index (χ4v) is 2.15. The van der Waals surface area contributed by atoms with E-state index in [0.717, 1.165) is 11.5 Å². The number of hydrogen-bond donors (Lipinski definition) is 2. The summed E-state index contributed by atoms with van der Waals surface area (Å²) in [6.07, 6.45) is 0. The lowest BCUT2D eigenvalue weighted by molar-refractivity contribution is 0.0943. The van der Waals surface area contributed by atoms with Crippen LogP contribution in [0.25, 0.3) is 0 Å². The summed E-state index contributed by atoms with van der Waals surface area (Å²) in [4.78, 5) is 11.9. The highest BCUT2D eigenvalue weighted by atomic mass is 32.2.